The van der Waals surface area contributed by atoms with Crippen LogP contribution in [-0.4, -0.2) is 10.1 Å². The first-order valence-corrected chi connectivity index (χ1v) is 4.62. The Kier molecular flexibility index (Phi) is 2.80. The first-order valence-electron chi connectivity index (χ1n) is 4.62. The number of aromatic nitrogens is 2. The lowest BCUT2D eigenvalue weighted by Gasteiger charge is -2.03. The summed E-state index contributed by atoms with van der Waals surface area (Å²) in [5.74, 6) is -0.785. The number of anilines is 1. The largest absolute Gasteiger partial charge is 0.362 e. The Balaban J connectivity index is 2.04. The monoisotopic (exact) mass is 225 g/mol. The van der Waals surface area contributed by atoms with E-state index in [0.717, 1.165) is 12.3 Å². The number of halogens is 2. The second-order valence-corrected chi connectivity index (χ2v) is 3.27. The van der Waals surface area contributed by atoms with Gasteiger partial charge in [-0.1, -0.05) is 5.16 Å². The van der Waals surface area contributed by atoms with Crippen molar-refractivity contribution in [1.29, 1.82) is 0 Å². The Morgan fingerprint density at radius 2 is 2.19 bits per heavy atom. The predicted octanol–water partition coefficient (Wildman–Crippen LogP) is 2.27. The molecule has 6 heteroatoms. The van der Waals surface area contributed by atoms with Crippen molar-refractivity contribution in [3.05, 3.63) is 41.4 Å². The SMILES string of the molecule is Cc1cc(CNc2ncc(F)cc2F)no1. The first kappa shape index (κ1) is 10.5. The molecule has 0 saturated carbocycles. The molecule has 2 aromatic rings. The molecule has 0 saturated heterocycles. The van der Waals surface area contributed by atoms with E-state index in [-0.39, 0.29) is 12.4 Å². The molecule has 0 amide bonds. The van der Waals surface area contributed by atoms with E-state index in [1.54, 1.807) is 13.0 Å². The summed E-state index contributed by atoms with van der Waals surface area (Å²) in [7, 11) is 0. The molecule has 2 rings (SSSR count). The van der Waals surface area contributed by atoms with Crippen LogP contribution in [0, 0.1) is 18.6 Å². The van der Waals surface area contributed by atoms with Crippen LogP contribution in [0.25, 0.3) is 0 Å². The maximum absolute atomic E-state index is 13.1. The van der Waals surface area contributed by atoms with Crippen molar-refractivity contribution in [2.24, 2.45) is 0 Å². The average molecular weight is 225 g/mol. The molecule has 0 aliphatic rings. The zero-order valence-corrected chi connectivity index (χ0v) is 8.50. The lowest BCUT2D eigenvalue weighted by molar-refractivity contribution is 0.391. The van der Waals surface area contributed by atoms with E-state index in [0.29, 0.717) is 11.5 Å². The third-order valence-electron chi connectivity index (χ3n) is 1.92. The van der Waals surface area contributed by atoms with Crippen molar-refractivity contribution in [2.45, 2.75) is 13.5 Å². The van der Waals surface area contributed by atoms with Gasteiger partial charge < -0.3 is 9.84 Å². The van der Waals surface area contributed by atoms with E-state index in [1.807, 2.05) is 0 Å². The van der Waals surface area contributed by atoms with E-state index in [9.17, 15) is 8.78 Å². The third kappa shape index (κ3) is 2.33. The van der Waals surface area contributed by atoms with Gasteiger partial charge in [-0.3, -0.25) is 0 Å². The van der Waals surface area contributed by atoms with Gasteiger partial charge in [0.15, 0.2) is 11.6 Å². The van der Waals surface area contributed by atoms with Gasteiger partial charge in [0.25, 0.3) is 0 Å². The fourth-order valence-electron chi connectivity index (χ4n) is 1.22. The molecule has 0 aromatic carbocycles. The molecule has 0 unspecified atom stereocenters. The Morgan fingerprint density at radius 1 is 1.38 bits per heavy atom. The standard InChI is InChI=1S/C10H9F2N3O/c1-6-2-8(15-16-6)5-14-10-9(12)3-7(11)4-13-10/h2-4H,5H2,1H3,(H,13,14). The van der Waals surface area contributed by atoms with Crippen molar-refractivity contribution >= 4 is 5.82 Å². The molecule has 0 atom stereocenters. The van der Waals surface area contributed by atoms with E-state index < -0.39 is 11.6 Å². The molecule has 2 aromatic heterocycles. The summed E-state index contributed by atoms with van der Waals surface area (Å²) in [5, 5.41) is 6.41. The van der Waals surface area contributed by atoms with Gasteiger partial charge in [0, 0.05) is 12.1 Å². The van der Waals surface area contributed by atoms with Gasteiger partial charge in [0.2, 0.25) is 0 Å². The fraction of sp³-hybridized carbons (Fsp3) is 0.200. The number of aryl methyl sites for hydroxylation is 1. The smallest absolute Gasteiger partial charge is 0.168 e. The van der Waals surface area contributed by atoms with Crippen molar-refractivity contribution < 1.29 is 13.3 Å². The van der Waals surface area contributed by atoms with Crippen molar-refractivity contribution in [2.75, 3.05) is 5.32 Å². The molecule has 0 fully saturated rings. The highest BCUT2D eigenvalue weighted by Gasteiger charge is 2.06. The van der Waals surface area contributed by atoms with Crippen LogP contribution in [0.2, 0.25) is 0 Å². The molecule has 16 heavy (non-hydrogen) atoms. The van der Waals surface area contributed by atoms with E-state index in [1.165, 1.54) is 0 Å². The quantitative estimate of drug-likeness (QED) is 0.870. The van der Waals surface area contributed by atoms with E-state index in [2.05, 4.69) is 15.5 Å². The summed E-state index contributed by atoms with van der Waals surface area (Å²) in [6, 6.07) is 2.48. The lowest BCUT2D eigenvalue weighted by atomic mass is 10.3. The Morgan fingerprint density at radius 3 is 2.81 bits per heavy atom. The third-order valence-corrected chi connectivity index (χ3v) is 1.92. The number of hydrogen-bond acceptors (Lipinski definition) is 4. The number of nitrogens with zero attached hydrogens (tertiary/aromatic N) is 2. The average Bonchev–Trinajstić information content (AvgIpc) is 2.63. The molecule has 4 nitrogen and oxygen atoms in total. The molecular weight excluding hydrogens is 216 g/mol. The minimum absolute atomic E-state index is 0.0120. The lowest BCUT2D eigenvalue weighted by Crippen LogP contribution is -2.04. The van der Waals surface area contributed by atoms with Crippen molar-refractivity contribution in [3.63, 3.8) is 0 Å². The Labute approximate surface area is 90.3 Å². The van der Waals surface area contributed by atoms with Gasteiger partial charge in [-0.15, -0.1) is 0 Å². The highest BCUT2D eigenvalue weighted by Crippen LogP contribution is 2.12. The first-order chi connectivity index (χ1) is 7.65. The van der Waals surface area contributed by atoms with Crippen LogP contribution in [0.5, 0.6) is 0 Å². The van der Waals surface area contributed by atoms with Crippen molar-refractivity contribution in [3.8, 4) is 0 Å². The van der Waals surface area contributed by atoms with Crippen LogP contribution in [-0.2, 0) is 6.54 Å². The zero-order chi connectivity index (χ0) is 11.5. The van der Waals surface area contributed by atoms with Crippen LogP contribution >= 0.6 is 0 Å². The molecule has 0 aliphatic heterocycles. The number of pyridine rings is 1. The van der Waals surface area contributed by atoms with Crippen molar-refractivity contribution in [1.82, 2.24) is 10.1 Å². The van der Waals surface area contributed by atoms with Gasteiger partial charge in [0.05, 0.1) is 12.7 Å². The van der Waals surface area contributed by atoms with Gasteiger partial charge in [-0.05, 0) is 6.92 Å². The summed E-state index contributed by atoms with van der Waals surface area (Å²) in [5.41, 5.74) is 0.628. The Bertz CT molecular complexity index is 499. The highest BCUT2D eigenvalue weighted by molar-refractivity contribution is 5.36. The molecule has 0 bridgehead atoms. The minimum Gasteiger partial charge on any atom is -0.362 e. The topological polar surface area (TPSA) is 51.0 Å². The fourth-order valence-corrected chi connectivity index (χ4v) is 1.22. The maximum Gasteiger partial charge on any atom is 0.168 e. The molecule has 0 aliphatic carbocycles. The summed E-state index contributed by atoms with van der Waals surface area (Å²) < 4.78 is 30.5. The second-order valence-electron chi connectivity index (χ2n) is 3.27. The number of hydrogen-bond donors (Lipinski definition) is 1. The normalized spacial score (nSPS) is 10.4. The summed E-state index contributed by atoms with van der Waals surface area (Å²) in [6.07, 6.45) is 0.944. The highest BCUT2D eigenvalue weighted by atomic mass is 19.1. The van der Waals surface area contributed by atoms with Crippen LogP contribution < -0.4 is 5.32 Å². The van der Waals surface area contributed by atoms with Gasteiger partial charge in [0.1, 0.15) is 17.3 Å². The van der Waals surface area contributed by atoms with Crippen LogP contribution in [0.15, 0.2) is 22.9 Å². The van der Waals surface area contributed by atoms with Gasteiger partial charge in [-0.25, -0.2) is 13.8 Å². The van der Waals surface area contributed by atoms with Crippen LogP contribution in [0.3, 0.4) is 0 Å². The molecule has 0 spiro atoms. The molecule has 1 N–H and O–H groups in total. The molecule has 2 heterocycles. The van der Waals surface area contributed by atoms with Crippen LogP contribution in [0.4, 0.5) is 14.6 Å². The Hall–Kier alpha value is -1.98. The zero-order valence-electron chi connectivity index (χ0n) is 8.50. The molecular formula is C10H9F2N3O. The second kappa shape index (κ2) is 4.26. The number of rotatable bonds is 3. The predicted molar refractivity (Wildman–Crippen MR) is 52.7 cm³/mol. The van der Waals surface area contributed by atoms with Gasteiger partial charge in [-0.2, -0.15) is 0 Å². The maximum atomic E-state index is 13.1. The van der Waals surface area contributed by atoms with E-state index >= 15 is 0 Å². The minimum atomic E-state index is -0.736. The summed E-state index contributed by atoms with van der Waals surface area (Å²) in [4.78, 5) is 3.58. The molecule has 84 valence electrons. The molecule has 0 radical (unpaired) electrons. The van der Waals surface area contributed by atoms with Gasteiger partial charge >= 0.3 is 0 Å². The summed E-state index contributed by atoms with van der Waals surface area (Å²) in [6.45, 7) is 2.03. The number of nitrogens with one attached hydrogen (secondary N) is 1. The summed E-state index contributed by atoms with van der Waals surface area (Å²) >= 11 is 0. The van der Waals surface area contributed by atoms with Crippen LogP contribution in [0.1, 0.15) is 11.5 Å². The van der Waals surface area contributed by atoms with E-state index in [4.69, 9.17) is 4.52 Å².